The fourth-order valence-electron chi connectivity index (χ4n) is 2.03. The molecule has 0 aliphatic rings. The summed E-state index contributed by atoms with van der Waals surface area (Å²) in [6.07, 6.45) is -2.71. The van der Waals surface area contributed by atoms with Crippen LogP contribution in [0, 0.1) is 13.8 Å². The SMILES string of the molecule is Cc1c(N)cccc1/C(N)=N/OC(=O)Cn1nc(C(F)F)cc1C. The second-order valence-corrected chi connectivity index (χ2v) is 5.13. The van der Waals surface area contributed by atoms with Crippen molar-refractivity contribution in [3.63, 3.8) is 0 Å². The monoisotopic (exact) mass is 337 g/mol. The molecular weight excluding hydrogens is 320 g/mol. The molecule has 9 heteroatoms. The molecule has 7 nitrogen and oxygen atoms in total. The minimum Gasteiger partial charge on any atom is -0.398 e. The molecule has 0 fully saturated rings. The Hall–Kier alpha value is -2.97. The van der Waals surface area contributed by atoms with Crippen LogP contribution in [-0.4, -0.2) is 21.6 Å². The number of aryl methyl sites for hydroxylation is 1. The second-order valence-electron chi connectivity index (χ2n) is 5.13. The summed E-state index contributed by atoms with van der Waals surface area (Å²) >= 11 is 0. The first kappa shape index (κ1) is 17.4. The van der Waals surface area contributed by atoms with Crippen molar-refractivity contribution < 1.29 is 18.4 Å². The lowest BCUT2D eigenvalue weighted by Gasteiger charge is -2.07. The predicted molar refractivity (Wildman–Crippen MR) is 84.3 cm³/mol. The Bertz CT molecular complexity index is 786. The zero-order valence-electron chi connectivity index (χ0n) is 13.2. The van der Waals surface area contributed by atoms with Crippen molar-refractivity contribution in [3.8, 4) is 0 Å². The number of carbonyl (C=O) groups excluding carboxylic acids is 1. The fourth-order valence-corrected chi connectivity index (χ4v) is 2.03. The van der Waals surface area contributed by atoms with E-state index in [1.54, 1.807) is 32.0 Å². The van der Waals surface area contributed by atoms with E-state index in [-0.39, 0.29) is 12.4 Å². The van der Waals surface area contributed by atoms with Gasteiger partial charge in [-0.1, -0.05) is 17.3 Å². The number of hydrogen-bond donors (Lipinski definition) is 2. The number of nitrogens with two attached hydrogens (primary N) is 2. The maximum atomic E-state index is 12.6. The van der Waals surface area contributed by atoms with Gasteiger partial charge in [-0.2, -0.15) is 5.10 Å². The topological polar surface area (TPSA) is 109 Å². The van der Waals surface area contributed by atoms with E-state index in [0.717, 1.165) is 4.68 Å². The minimum atomic E-state index is -2.71. The summed E-state index contributed by atoms with van der Waals surface area (Å²) in [6, 6.07) is 6.29. The number of hydrogen-bond acceptors (Lipinski definition) is 5. The van der Waals surface area contributed by atoms with Gasteiger partial charge in [0.1, 0.15) is 12.2 Å². The van der Waals surface area contributed by atoms with Crippen LogP contribution in [-0.2, 0) is 16.2 Å². The van der Waals surface area contributed by atoms with Crippen molar-refractivity contribution in [2.75, 3.05) is 5.73 Å². The minimum absolute atomic E-state index is 0.0152. The molecule has 0 aliphatic heterocycles. The number of carbonyl (C=O) groups is 1. The summed E-state index contributed by atoms with van der Waals surface area (Å²) in [5.41, 5.74) is 13.3. The van der Waals surface area contributed by atoms with Gasteiger partial charge in [-0.05, 0) is 31.5 Å². The standard InChI is InChI=1S/C15H17F2N5O2/c1-8-6-12(14(16)17)20-22(8)7-13(23)24-21-15(19)10-4-3-5-11(18)9(10)2/h3-6,14H,7,18H2,1-2H3,(H2,19,21). The summed E-state index contributed by atoms with van der Waals surface area (Å²) in [5, 5.41) is 7.19. The van der Waals surface area contributed by atoms with Crippen molar-refractivity contribution >= 4 is 17.5 Å². The average Bonchev–Trinajstić information content (AvgIpc) is 2.89. The normalized spacial score (nSPS) is 11.8. The van der Waals surface area contributed by atoms with Gasteiger partial charge in [0.2, 0.25) is 0 Å². The average molecular weight is 337 g/mol. The summed E-state index contributed by atoms with van der Waals surface area (Å²) in [7, 11) is 0. The van der Waals surface area contributed by atoms with Crippen LogP contribution in [0.4, 0.5) is 14.5 Å². The highest BCUT2D eigenvalue weighted by atomic mass is 19.3. The van der Waals surface area contributed by atoms with Gasteiger partial charge in [0.25, 0.3) is 6.43 Å². The number of amidine groups is 1. The highest BCUT2D eigenvalue weighted by molar-refractivity contribution is 5.99. The molecule has 2 rings (SSSR count). The molecule has 0 spiro atoms. The Morgan fingerprint density at radius 2 is 2.12 bits per heavy atom. The number of rotatable bonds is 5. The summed E-state index contributed by atoms with van der Waals surface area (Å²) in [5.74, 6) is -0.801. The summed E-state index contributed by atoms with van der Waals surface area (Å²) < 4.78 is 26.3. The third kappa shape index (κ3) is 3.86. The van der Waals surface area contributed by atoms with E-state index in [9.17, 15) is 13.6 Å². The molecule has 0 radical (unpaired) electrons. The van der Waals surface area contributed by atoms with Crippen LogP contribution in [0.25, 0.3) is 0 Å². The Morgan fingerprint density at radius 1 is 1.42 bits per heavy atom. The van der Waals surface area contributed by atoms with E-state index in [0.29, 0.717) is 22.5 Å². The van der Waals surface area contributed by atoms with Gasteiger partial charge < -0.3 is 16.3 Å². The number of halogens is 2. The van der Waals surface area contributed by atoms with Gasteiger partial charge in [0, 0.05) is 16.9 Å². The molecule has 0 saturated heterocycles. The first-order valence-corrected chi connectivity index (χ1v) is 7.01. The maximum Gasteiger partial charge on any atom is 0.356 e. The number of alkyl halides is 2. The highest BCUT2D eigenvalue weighted by Gasteiger charge is 2.16. The molecule has 0 bridgehead atoms. The number of nitrogens with zero attached hydrogens (tertiary/aromatic N) is 3. The molecule has 1 aromatic carbocycles. The van der Waals surface area contributed by atoms with E-state index < -0.39 is 18.1 Å². The Labute approximate surface area is 136 Å². The zero-order valence-corrected chi connectivity index (χ0v) is 13.2. The lowest BCUT2D eigenvalue weighted by Crippen LogP contribution is -2.19. The highest BCUT2D eigenvalue weighted by Crippen LogP contribution is 2.18. The molecule has 128 valence electrons. The van der Waals surface area contributed by atoms with Crippen LogP contribution in [0.1, 0.15) is 28.9 Å². The number of nitrogen functional groups attached to an aromatic ring is 1. The molecule has 0 atom stereocenters. The number of benzene rings is 1. The van der Waals surface area contributed by atoms with Gasteiger partial charge in [0.05, 0.1) is 0 Å². The summed E-state index contributed by atoms with van der Waals surface area (Å²) in [4.78, 5) is 16.5. The maximum absolute atomic E-state index is 12.6. The van der Waals surface area contributed by atoms with E-state index >= 15 is 0 Å². The van der Waals surface area contributed by atoms with Crippen LogP contribution in [0.3, 0.4) is 0 Å². The van der Waals surface area contributed by atoms with E-state index in [4.69, 9.17) is 16.3 Å². The first-order chi connectivity index (χ1) is 11.3. The van der Waals surface area contributed by atoms with Gasteiger partial charge in [-0.3, -0.25) is 4.68 Å². The molecule has 2 aromatic rings. The van der Waals surface area contributed by atoms with Gasteiger partial charge >= 0.3 is 5.97 Å². The Balaban J connectivity index is 2.06. The van der Waals surface area contributed by atoms with E-state index in [1.807, 2.05) is 0 Å². The number of oxime groups is 1. The molecule has 0 amide bonds. The van der Waals surface area contributed by atoms with Gasteiger partial charge in [-0.15, -0.1) is 0 Å². The van der Waals surface area contributed by atoms with Crippen LogP contribution < -0.4 is 11.5 Å². The molecule has 0 aliphatic carbocycles. The Morgan fingerprint density at radius 3 is 2.75 bits per heavy atom. The van der Waals surface area contributed by atoms with Gasteiger partial charge in [0.15, 0.2) is 5.84 Å². The van der Waals surface area contributed by atoms with Crippen molar-refractivity contribution in [2.45, 2.75) is 26.8 Å². The molecule has 24 heavy (non-hydrogen) atoms. The lowest BCUT2D eigenvalue weighted by molar-refractivity contribution is -0.144. The number of anilines is 1. The van der Waals surface area contributed by atoms with Crippen LogP contribution in [0.2, 0.25) is 0 Å². The fraction of sp³-hybridized carbons (Fsp3) is 0.267. The third-order valence-electron chi connectivity index (χ3n) is 3.40. The molecule has 0 saturated carbocycles. The number of aromatic nitrogens is 2. The van der Waals surface area contributed by atoms with Gasteiger partial charge in [-0.25, -0.2) is 13.6 Å². The molecule has 4 N–H and O–H groups in total. The van der Waals surface area contributed by atoms with Crippen LogP contribution in [0.5, 0.6) is 0 Å². The first-order valence-electron chi connectivity index (χ1n) is 7.01. The van der Waals surface area contributed by atoms with Crippen molar-refractivity contribution in [1.29, 1.82) is 0 Å². The lowest BCUT2D eigenvalue weighted by atomic mass is 10.1. The van der Waals surface area contributed by atoms with Crippen LogP contribution in [0.15, 0.2) is 29.4 Å². The molecule has 1 heterocycles. The molecular formula is C15H17F2N5O2. The third-order valence-corrected chi connectivity index (χ3v) is 3.40. The van der Waals surface area contributed by atoms with Crippen molar-refractivity contribution in [3.05, 3.63) is 46.8 Å². The smallest absolute Gasteiger partial charge is 0.356 e. The molecule has 0 unspecified atom stereocenters. The molecule has 1 aromatic heterocycles. The Kier molecular flexibility index (Phi) is 5.12. The quantitative estimate of drug-likeness (QED) is 0.285. The summed E-state index contributed by atoms with van der Waals surface area (Å²) in [6.45, 7) is 2.96. The predicted octanol–water partition coefficient (Wildman–Crippen LogP) is 1.88. The largest absolute Gasteiger partial charge is 0.398 e. The zero-order chi connectivity index (χ0) is 17.9. The second kappa shape index (κ2) is 7.07. The van der Waals surface area contributed by atoms with Crippen LogP contribution >= 0.6 is 0 Å². The van der Waals surface area contributed by atoms with E-state index in [1.165, 1.54) is 6.07 Å². The van der Waals surface area contributed by atoms with Crippen molar-refractivity contribution in [1.82, 2.24) is 9.78 Å². The van der Waals surface area contributed by atoms with E-state index in [2.05, 4.69) is 10.3 Å². The van der Waals surface area contributed by atoms with Crippen molar-refractivity contribution in [2.24, 2.45) is 10.9 Å².